The van der Waals surface area contributed by atoms with Crippen molar-refractivity contribution in [3.05, 3.63) is 29.3 Å². The molecule has 2 fully saturated rings. The molecule has 0 saturated carbocycles. The SMILES string of the molecule is CCNC(=O)CN1CCCN(C(=O)c2cc(S(=O)(=O)N3CCCCC3)ccc2C)CC1. The molecule has 0 aliphatic carbocycles. The van der Waals surface area contributed by atoms with E-state index in [-0.39, 0.29) is 16.7 Å². The van der Waals surface area contributed by atoms with E-state index in [9.17, 15) is 18.0 Å². The highest BCUT2D eigenvalue weighted by Gasteiger charge is 2.28. The number of rotatable bonds is 6. The molecule has 8 nitrogen and oxygen atoms in total. The topological polar surface area (TPSA) is 90.0 Å². The van der Waals surface area contributed by atoms with Crippen LogP contribution in [0.25, 0.3) is 0 Å². The number of benzene rings is 1. The number of amides is 2. The lowest BCUT2D eigenvalue weighted by Crippen LogP contribution is -2.40. The third-order valence-electron chi connectivity index (χ3n) is 6.01. The van der Waals surface area contributed by atoms with Crippen molar-refractivity contribution in [3.8, 4) is 0 Å². The summed E-state index contributed by atoms with van der Waals surface area (Å²) in [5.74, 6) is -0.151. The van der Waals surface area contributed by atoms with Crippen molar-refractivity contribution in [2.75, 3.05) is 52.4 Å². The summed E-state index contributed by atoms with van der Waals surface area (Å²) in [6, 6.07) is 4.87. The van der Waals surface area contributed by atoms with E-state index in [1.165, 1.54) is 4.31 Å². The number of carbonyl (C=O) groups excluding carboxylic acids is 2. The van der Waals surface area contributed by atoms with Gasteiger partial charge < -0.3 is 10.2 Å². The number of nitrogens with zero attached hydrogens (tertiary/aromatic N) is 3. The number of hydrogen-bond acceptors (Lipinski definition) is 5. The van der Waals surface area contributed by atoms with Crippen LogP contribution in [0.2, 0.25) is 0 Å². The Morgan fingerprint density at radius 3 is 2.42 bits per heavy atom. The van der Waals surface area contributed by atoms with Crippen LogP contribution in [-0.4, -0.2) is 86.7 Å². The summed E-state index contributed by atoms with van der Waals surface area (Å²) in [5.41, 5.74) is 1.21. The zero-order chi connectivity index (χ0) is 22.4. The van der Waals surface area contributed by atoms with Gasteiger partial charge in [-0.15, -0.1) is 0 Å². The molecule has 2 aliphatic heterocycles. The molecule has 2 heterocycles. The van der Waals surface area contributed by atoms with Gasteiger partial charge in [0.1, 0.15) is 0 Å². The first-order valence-electron chi connectivity index (χ1n) is 11.2. The lowest BCUT2D eigenvalue weighted by molar-refractivity contribution is -0.122. The maximum Gasteiger partial charge on any atom is 0.254 e. The van der Waals surface area contributed by atoms with E-state index in [1.807, 2.05) is 13.8 Å². The van der Waals surface area contributed by atoms with Crippen molar-refractivity contribution < 1.29 is 18.0 Å². The molecule has 31 heavy (non-hydrogen) atoms. The standard InChI is InChI=1S/C22H34N4O4S/c1-3-23-21(27)17-24-10-7-11-25(15-14-24)22(28)20-16-19(9-8-18(20)2)31(29,30)26-12-5-4-6-13-26/h8-9,16H,3-7,10-15,17H2,1-2H3,(H,23,27). The number of nitrogens with one attached hydrogen (secondary N) is 1. The molecule has 0 aromatic heterocycles. The van der Waals surface area contributed by atoms with Gasteiger partial charge in [-0.2, -0.15) is 4.31 Å². The molecular weight excluding hydrogens is 416 g/mol. The first-order chi connectivity index (χ1) is 14.8. The monoisotopic (exact) mass is 450 g/mol. The summed E-state index contributed by atoms with van der Waals surface area (Å²) in [5, 5.41) is 2.81. The van der Waals surface area contributed by atoms with Crippen LogP contribution in [-0.2, 0) is 14.8 Å². The Hall–Kier alpha value is -1.97. The van der Waals surface area contributed by atoms with Gasteiger partial charge in [0, 0.05) is 51.4 Å². The zero-order valence-corrected chi connectivity index (χ0v) is 19.4. The summed E-state index contributed by atoms with van der Waals surface area (Å²) < 4.78 is 27.6. The fourth-order valence-electron chi connectivity index (χ4n) is 4.20. The third-order valence-corrected chi connectivity index (χ3v) is 7.90. The summed E-state index contributed by atoms with van der Waals surface area (Å²) in [6.45, 7) is 8.21. The minimum absolute atomic E-state index is 0.00579. The average molecular weight is 451 g/mol. The van der Waals surface area contributed by atoms with Crippen LogP contribution in [0.3, 0.4) is 0 Å². The van der Waals surface area contributed by atoms with E-state index in [1.54, 1.807) is 23.1 Å². The second-order valence-electron chi connectivity index (χ2n) is 8.32. The Labute approximate surface area is 185 Å². The van der Waals surface area contributed by atoms with E-state index in [0.29, 0.717) is 51.4 Å². The van der Waals surface area contributed by atoms with Crippen molar-refractivity contribution in [1.29, 1.82) is 0 Å². The van der Waals surface area contributed by atoms with Gasteiger partial charge in [-0.3, -0.25) is 14.5 Å². The smallest absolute Gasteiger partial charge is 0.254 e. The molecule has 0 bridgehead atoms. The van der Waals surface area contributed by atoms with E-state index in [0.717, 1.165) is 37.8 Å². The van der Waals surface area contributed by atoms with E-state index >= 15 is 0 Å². The van der Waals surface area contributed by atoms with Gasteiger partial charge in [-0.05, 0) is 50.8 Å². The molecule has 2 saturated heterocycles. The summed E-state index contributed by atoms with van der Waals surface area (Å²) in [4.78, 5) is 29.2. The highest BCUT2D eigenvalue weighted by molar-refractivity contribution is 7.89. The summed E-state index contributed by atoms with van der Waals surface area (Å²) in [6.07, 6.45) is 3.57. The highest BCUT2D eigenvalue weighted by Crippen LogP contribution is 2.24. The van der Waals surface area contributed by atoms with Crippen molar-refractivity contribution in [3.63, 3.8) is 0 Å². The van der Waals surface area contributed by atoms with Crippen LogP contribution in [0, 0.1) is 6.92 Å². The van der Waals surface area contributed by atoms with Gasteiger partial charge in [0.2, 0.25) is 15.9 Å². The molecular formula is C22H34N4O4S. The Morgan fingerprint density at radius 2 is 1.71 bits per heavy atom. The van der Waals surface area contributed by atoms with Gasteiger partial charge in [0.25, 0.3) is 5.91 Å². The van der Waals surface area contributed by atoms with Crippen LogP contribution in [0.4, 0.5) is 0 Å². The minimum Gasteiger partial charge on any atom is -0.355 e. The number of hydrogen-bond donors (Lipinski definition) is 1. The molecule has 1 aromatic rings. The first kappa shape index (κ1) is 23.7. The van der Waals surface area contributed by atoms with Crippen LogP contribution in [0.5, 0.6) is 0 Å². The van der Waals surface area contributed by atoms with Crippen molar-refractivity contribution in [2.45, 2.75) is 44.4 Å². The fourth-order valence-corrected chi connectivity index (χ4v) is 5.75. The van der Waals surface area contributed by atoms with Gasteiger partial charge in [0.15, 0.2) is 0 Å². The molecule has 172 valence electrons. The van der Waals surface area contributed by atoms with E-state index in [4.69, 9.17) is 0 Å². The third kappa shape index (κ3) is 5.84. The number of carbonyl (C=O) groups is 2. The number of piperidine rings is 1. The maximum atomic E-state index is 13.3. The van der Waals surface area contributed by atoms with Gasteiger partial charge in [-0.1, -0.05) is 12.5 Å². The predicted molar refractivity (Wildman–Crippen MR) is 119 cm³/mol. The Balaban J connectivity index is 1.73. The van der Waals surface area contributed by atoms with Crippen LogP contribution >= 0.6 is 0 Å². The molecule has 0 radical (unpaired) electrons. The number of likely N-dealkylation sites (N-methyl/N-ethyl adjacent to an activating group) is 1. The quantitative estimate of drug-likeness (QED) is 0.709. The van der Waals surface area contributed by atoms with Crippen LogP contribution in [0.1, 0.15) is 48.5 Å². The molecule has 0 atom stereocenters. The lowest BCUT2D eigenvalue weighted by atomic mass is 10.1. The molecule has 2 aliphatic rings. The Kier molecular flexibility index (Phi) is 8.07. The molecule has 9 heteroatoms. The molecule has 2 amide bonds. The van der Waals surface area contributed by atoms with Gasteiger partial charge >= 0.3 is 0 Å². The first-order valence-corrected chi connectivity index (χ1v) is 12.7. The minimum atomic E-state index is -3.59. The molecule has 1 aromatic carbocycles. The largest absolute Gasteiger partial charge is 0.355 e. The second-order valence-corrected chi connectivity index (χ2v) is 10.3. The van der Waals surface area contributed by atoms with Crippen molar-refractivity contribution in [1.82, 2.24) is 19.4 Å². The molecule has 0 unspecified atom stereocenters. The molecule has 3 rings (SSSR count). The van der Waals surface area contributed by atoms with E-state index < -0.39 is 10.0 Å². The predicted octanol–water partition coefficient (Wildman–Crippen LogP) is 1.45. The zero-order valence-electron chi connectivity index (χ0n) is 18.6. The van der Waals surface area contributed by atoms with Gasteiger partial charge in [0.05, 0.1) is 11.4 Å². The van der Waals surface area contributed by atoms with E-state index in [2.05, 4.69) is 10.2 Å². The molecule has 1 N–H and O–H groups in total. The Morgan fingerprint density at radius 1 is 0.968 bits per heavy atom. The summed E-state index contributed by atoms with van der Waals surface area (Å²) >= 11 is 0. The maximum absolute atomic E-state index is 13.3. The van der Waals surface area contributed by atoms with Crippen molar-refractivity contribution in [2.24, 2.45) is 0 Å². The lowest BCUT2D eigenvalue weighted by Gasteiger charge is -2.26. The Bertz CT molecular complexity index is 897. The average Bonchev–Trinajstić information content (AvgIpc) is 3.00. The highest BCUT2D eigenvalue weighted by atomic mass is 32.2. The number of aryl methyl sites for hydroxylation is 1. The van der Waals surface area contributed by atoms with Crippen LogP contribution < -0.4 is 5.32 Å². The number of sulfonamides is 1. The fraction of sp³-hybridized carbons (Fsp3) is 0.636. The van der Waals surface area contributed by atoms with Crippen LogP contribution in [0.15, 0.2) is 23.1 Å². The molecule has 0 spiro atoms. The summed E-state index contributed by atoms with van der Waals surface area (Å²) in [7, 11) is -3.59. The second kappa shape index (κ2) is 10.6. The normalized spacial score (nSPS) is 19.1. The van der Waals surface area contributed by atoms with Gasteiger partial charge in [-0.25, -0.2) is 8.42 Å². The van der Waals surface area contributed by atoms with Crippen molar-refractivity contribution >= 4 is 21.8 Å².